The van der Waals surface area contributed by atoms with Crippen LogP contribution in [0, 0.1) is 6.92 Å². The zero-order chi connectivity index (χ0) is 18.8. The Morgan fingerprint density at radius 1 is 1.19 bits per heavy atom. The van der Waals surface area contributed by atoms with E-state index in [0.29, 0.717) is 12.3 Å². The lowest BCUT2D eigenvalue weighted by Gasteiger charge is -2.06. The Bertz CT molecular complexity index is 1120. The van der Waals surface area contributed by atoms with Crippen molar-refractivity contribution in [3.05, 3.63) is 64.4 Å². The monoisotopic (exact) mass is 440 g/mol. The van der Waals surface area contributed by atoms with E-state index in [1.54, 1.807) is 6.33 Å². The number of nitrogens with one attached hydrogen (secondary N) is 2. The summed E-state index contributed by atoms with van der Waals surface area (Å²) in [7, 11) is 0. The van der Waals surface area contributed by atoms with Gasteiger partial charge >= 0.3 is 0 Å². The number of aromatic nitrogens is 3. The number of H-pyrrole nitrogens is 1. The fraction of sp³-hybridized carbons (Fsp3) is 0.150. The number of amides is 1. The van der Waals surface area contributed by atoms with Crippen molar-refractivity contribution in [2.45, 2.75) is 18.5 Å². The standard InChI is InChI=1S/C20H17BrN4OS/c1-12-2-4-13(5-3-12)9-22-17(26)10-27-20-19-18(23-11-24-20)15-8-14(21)6-7-16(15)25-19/h2-8,11,25H,9-10H2,1H3,(H,22,26). The van der Waals surface area contributed by atoms with E-state index in [9.17, 15) is 4.79 Å². The van der Waals surface area contributed by atoms with Crippen molar-refractivity contribution in [3.8, 4) is 0 Å². The number of hydrogen-bond acceptors (Lipinski definition) is 4. The lowest BCUT2D eigenvalue weighted by Crippen LogP contribution is -2.24. The molecule has 4 aromatic rings. The van der Waals surface area contributed by atoms with E-state index in [1.807, 2.05) is 49.4 Å². The van der Waals surface area contributed by atoms with Gasteiger partial charge in [-0.25, -0.2) is 9.97 Å². The highest BCUT2D eigenvalue weighted by Gasteiger charge is 2.12. The highest BCUT2D eigenvalue weighted by molar-refractivity contribution is 9.10. The maximum atomic E-state index is 12.2. The van der Waals surface area contributed by atoms with Crippen LogP contribution in [0.3, 0.4) is 0 Å². The first-order valence-corrected chi connectivity index (χ1v) is 10.2. The molecule has 0 radical (unpaired) electrons. The Balaban J connectivity index is 1.46. The Morgan fingerprint density at radius 2 is 2.00 bits per heavy atom. The van der Waals surface area contributed by atoms with Gasteiger partial charge in [0, 0.05) is 21.9 Å². The number of aromatic amines is 1. The summed E-state index contributed by atoms with van der Waals surface area (Å²) in [5.74, 6) is 0.281. The maximum Gasteiger partial charge on any atom is 0.230 e. The Kier molecular flexibility index (Phi) is 5.13. The zero-order valence-electron chi connectivity index (χ0n) is 14.6. The van der Waals surface area contributed by atoms with Crippen LogP contribution < -0.4 is 5.32 Å². The molecule has 0 atom stereocenters. The number of halogens is 1. The summed E-state index contributed by atoms with van der Waals surface area (Å²) in [5, 5.41) is 4.76. The molecule has 2 N–H and O–H groups in total. The van der Waals surface area contributed by atoms with E-state index in [2.05, 4.69) is 36.2 Å². The SMILES string of the molecule is Cc1ccc(CNC(=O)CSc2ncnc3c2[nH]c2ccc(Br)cc23)cc1. The fourth-order valence-corrected chi connectivity index (χ4v) is 3.99. The molecule has 1 amide bonds. The largest absolute Gasteiger partial charge is 0.351 e. The Labute approximate surface area is 169 Å². The highest BCUT2D eigenvalue weighted by Crippen LogP contribution is 2.31. The first-order chi connectivity index (χ1) is 13.1. The normalized spacial score (nSPS) is 11.2. The molecule has 4 rings (SSSR count). The molecule has 0 aliphatic rings. The second-order valence-electron chi connectivity index (χ2n) is 6.27. The number of rotatable bonds is 5. The molecule has 136 valence electrons. The van der Waals surface area contributed by atoms with Crippen LogP contribution in [0.2, 0.25) is 0 Å². The molecule has 7 heteroatoms. The third-order valence-electron chi connectivity index (χ3n) is 4.26. The molecule has 2 heterocycles. The molecule has 2 aromatic carbocycles. The van der Waals surface area contributed by atoms with Gasteiger partial charge < -0.3 is 10.3 Å². The van der Waals surface area contributed by atoms with E-state index in [4.69, 9.17) is 0 Å². The molecule has 0 saturated heterocycles. The molecular weight excluding hydrogens is 424 g/mol. The average Bonchev–Trinajstić information content (AvgIpc) is 3.04. The quantitative estimate of drug-likeness (QED) is 0.351. The molecule has 0 saturated carbocycles. The number of thioether (sulfide) groups is 1. The van der Waals surface area contributed by atoms with Gasteiger partial charge in [-0.15, -0.1) is 0 Å². The van der Waals surface area contributed by atoms with Gasteiger partial charge in [0.2, 0.25) is 5.91 Å². The Hall–Kier alpha value is -2.38. The lowest BCUT2D eigenvalue weighted by molar-refractivity contribution is -0.118. The predicted molar refractivity (Wildman–Crippen MR) is 113 cm³/mol. The van der Waals surface area contributed by atoms with Gasteiger partial charge in [0.1, 0.15) is 16.9 Å². The molecule has 0 spiro atoms. The van der Waals surface area contributed by atoms with E-state index < -0.39 is 0 Å². The number of benzene rings is 2. The van der Waals surface area contributed by atoms with E-state index in [0.717, 1.165) is 37.0 Å². The van der Waals surface area contributed by atoms with Gasteiger partial charge in [-0.2, -0.15) is 0 Å². The maximum absolute atomic E-state index is 12.2. The number of fused-ring (bicyclic) bond motifs is 3. The van der Waals surface area contributed by atoms with Gasteiger partial charge in [0.05, 0.1) is 11.3 Å². The number of hydrogen-bond donors (Lipinski definition) is 2. The van der Waals surface area contributed by atoms with Gasteiger partial charge in [0.25, 0.3) is 0 Å². The summed E-state index contributed by atoms with van der Waals surface area (Å²) in [6.07, 6.45) is 1.54. The van der Waals surface area contributed by atoms with Crippen LogP contribution in [0.5, 0.6) is 0 Å². The van der Waals surface area contributed by atoms with Crippen LogP contribution in [0.4, 0.5) is 0 Å². The number of carbonyl (C=O) groups excluding carboxylic acids is 1. The minimum absolute atomic E-state index is 0.0220. The van der Waals surface area contributed by atoms with Crippen molar-refractivity contribution in [1.29, 1.82) is 0 Å². The zero-order valence-corrected chi connectivity index (χ0v) is 17.0. The molecule has 0 bridgehead atoms. The van der Waals surface area contributed by atoms with Crippen LogP contribution in [0.15, 0.2) is 58.3 Å². The van der Waals surface area contributed by atoms with Gasteiger partial charge in [-0.3, -0.25) is 4.79 Å². The van der Waals surface area contributed by atoms with Crippen molar-refractivity contribution in [1.82, 2.24) is 20.3 Å². The molecular formula is C20H17BrN4OS. The topological polar surface area (TPSA) is 70.7 Å². The van der Waals surface area contributed by atoms with Crippen LogP contribution >= 0.6 is 27.7 Å². The smallest absolute Gasteiger partial charge is 0.230 e. The molecule has 0 fully saturated rings. The van der Waals surface area contributed by atoms with E-state index in [1.165, 1.54) is 17.3 Å². The summed E-state index contributed by atoms with van der Waals surface area (Å²) in [6, 6.07) is 14.2. The third-order valence-corrected chi connectivity index (χ3v) is 5.74. The van der Waals surface area contributed by atoms with Gasteiger partial charge in [-0.05, 0) is 30.7 Å². The van der Waals surface area contributed by atoms with Crippen molar-refractivity contribution < 1.29 is 4.79 Å². The second-order valence-corrected chi connectivity index (χ2v) is 8.15. The molecule has 27 heavy (non-hydrogen) atoms. The van der Waals surface area contributed by atoms with Crippen molar-refractivity contribution in [3.63, 3.8) is 0 Å². The predicted octanol–water partition coefficient (Wildman–Crippen LogP) is 4.59. The van der Waals surface area contributed by atoms with Crippen LogP contribution in [0.25, 0.3) is 21.9 Å². The average molecular weight is 441 g/mol. The Morgan fingerprint density at radius 3 is 2.81 bits per heavy atom. The molecule has 0 aliphatic heterocycles. The van der Waals surface area contributed by atoms with Gasteiger partial charge in [-0.1, -0.05) is 57.5 Å². The van der Waals surface area contributed by atoms with Crippen LogP contribution in [-0.4, -0.2) is 26.6 Å². The molecule has 5 nitrogen and oxygen atoms in total. The number of carbonyl (C=O) groups is 1. The fourth-order valence-electron chi connectivity index (χ4n) is 2.84. The highest BCUT2D eigenvalue weighted by atomic mass is 79.9. The summed E-state index contributed by atoms with van der Waals surface area (Å²) in [5.41, 5.74) is 5.02. The molecule has 0 aliphatic carbocycles. The summed E-state index contributed by atoms with van der Waals surface area (Å²) >= 11 is 4.91. The first kappa shape index (κ1) is 18.0. The first-order valence-electron chi connectivity index (χ1n) is 8.47. The molecule has 0 unspecified atom stereocenters. The summed E-state index contributed by atoms with van der Waals surface area (Å²) < 4.78 is 0.999. The third kappa shape index (κ3) is 3.99. The van der Waals surface area contributed by atoms with Crippen molar-refractivity contribution in [2.24, 2.45) is 0 Å². The number of aryl methyl sites for hydroxylation is 1. The van der Waals surface area contributed by atoms with E-state index in [-0.39, 0.29) is 5.91 Å². The van der Waals surface area contributed by atoms with Crippen LogP contribution in [0.1, 0.15) is 11.1 Å². The van der Waals surface area contributed by atoms with Crippen molar-refractivity contribution in [2.75, 3.05) is 5.75 Å². The lowest BCUT2D eigenvalue weighted by atomic mass is 10.1. The minimum atomic E-state index is -0.0220. The number of nitrogens with zero attached hydrogens (tertiary/aromatic N) is 2. The minimum Gasteiger partial charge on any atom is -0.351 e. The van der Waals surface area contributed by atoms with Crippen LogP contribution in [-0.2, 0) is 11.3 Å². The summed E-state index contributed by atoms with van der Waals surface area (Å²) in [4.78, 5) is 24.3. The second kappa shape index (κ2) is 7.70. The van der Waals surface area contributed by atoms with E-state index >= 15 is 0 Å². The van der Waals surface area contributed by atoms with Crippen molar-refractivity contribution >= 4 is 55.5 Å². The summed E-state index contributed by atoms with van der Waals surface area (Å²) in [6.45, 7) is 2.57. The van der Waals surface area contributed by atoms with Gasteiger partial charge in [0.15, 0.2) is 0 Å². The molecule has 2 aromatic heterocycles.